The summed E-state index contributed by atoms with van der Waals surface area (Å²) in [4.78, 5) is 16.7. The number of hydrogen-bond acceptors (Lipinski definition) is 4. The molecule has 0 saturated carbocycles. The van der Waals surface area contributed by atoms with Crippen molar-refractivity contribution in [1.29, 1.82) is 0 Å². The van der Waals surface area contributed by atoms with Gasteiger partial charge in [0.15, 0.2) is 0 Å². The summed E-state index contributed by atoms with van der Waals surface area (Å²) in [5.74, 6) is 0.316. The van der Waals surface area contributed by atoms with E-state index in [1.54, 1.807) is 0 Å². The Morgan fingerprint density at radius 1 is 1.29 bits per heavy atom. The number of rotatable bonds is 3. The second-order valence-electron chi connectivity index (χ2n) is 6.80. The zero-order chi connectivity index (χ0) is 14.9. The van der Waals surface area contributed by atoms with Crippen molar-refractivity contribution in [2.24, 2.45) is 0 Å². The lowest BCUT2D eigenvalue weighted by molar-refractivity contribution is -0.132. The van der Waals surface area contributed by atoms with E-state index >= 15 is 0 Å². The van der Waals surface area contributed by atoms with Crippen molar-refractivity contribution in [2.45, 2.75) is 63.1 Å². The lowest BCUT2D eigenvalue weighted by Crippen LogP contribution is -2.51. The molecule has 3 rings (SSSR count). The highest BCUT2D eigenvalue weighted by atomic mass is 16.5. The first kappa shape index (κ1) is 15.3. The molecule has 3 heterocycles. The SMILES string of the molecule is CCN1C(=O)CCC[C@H]2[C@@H]1CCN2CC1(O)CCOCC1. The number of amides is 1. The van der Waals surface area contributed by atoms with E-state index in [-0.39, 0.29) is 0 Å². The number of hydrogen-bond donors (Lipinski definition) is 1. The van der Waals surface area contributed by atoms with Gasteiger partial charge >= 0.3 is 0 Å². The highest BCUT2D eigenvalue weighted by Gasteiger charge is 2.43. The van der Waals surface area contributed by atoms with E-state index in [0.29, 0.717) is 37.6 Å². The molecule has 5 nitrogen and oxygen atoms in total. The summed E-state index contributed by atoms with van der Waals surface area (Å²) in [5.41, 5.74) is -0.597. The standard InChI is InChI=1S/C16H28N2O3/c1-2-18-14-6-9-17(13(14)4-3-5-15(18)19)12-16(20)7-10-21-11-8-16/h13-14,20H,2-12H2,1H3/t13-,14-/m0/s1. The summed E-state index contributed by atoms with van der Waals surface area (Å²) in [5, 5.41) is 10.8. The molecule has 1 N–H and O–H groups in total. The van der Waals surface area contributed by atoms with Gasteiger partial charge in [-0.2, -0.15) is 0 Å². The molecule has 120 valence electrons. The molecular weight excluding hydrogens is 268 g/mol. The zero-order valence-electron chi connectivity index (χ0n) is 13.1. The minimum absolute atomic E-state index is 0.316. The first-order valence-corrected chi connectivity index (χ1v) is 8.46. The van der Waals surface area contributed by atoms with Gasteiger partial charge in [-0.3, -0.25) is 9.69 Å². The quantitative estimate of drug-likeness (QED) is 0.844. The fourth-order valence-corrected chi connectivity index (χ4v) is 4.32. The minimum atomic E-state index is -0.597. The van der Waals surface area contributed by atoms with Gasteiger partial charge in [0.2, 0.25) is 5.91 Å². The first-order chi connectivity index (χ1) is 10.1. The number of fused-ring (bicyclic) bond motifs is 1. The van der Waals surface area contributed by atoms with Crippen molar-refractivity contribution >= 4 is 5.91 Å². The van der Waals surface area contributed by atoms with Gasteiger partial charge < -0.3 is 14.7 Å². The average molecular weight is 296 g/mol. The minimum Gasteiger partial charge on any atom is -0.388 e. The second kappa shape index (κ2) is 6.23. The van der Waals surface area contributed by atoms with Crippen LogP contribution in [0.25, 0.3) is 0 Å². The highest BCUT2D eigenvalue weighted by molar-refractivity contribution is 5.77. The second-order valence-corrected chi connectivity index (χ2v) is 6.80. The predicted molar refractivity (Wildman–Crippen MR) is 80.0 cm³/mol. The van der Waals surface area contributed by atoms with Crippen molar-refractivity contribution in [2.75, 3.05) is 32.8 Å². The molecule has 3 aliphatic heterocycles. The largest absolute Gasteiger partial charge is 0.388 e. The third-order valence-corrected chi connectivity index (χ3v) is 5.50. The van der Waals surface area contributed by atoms with Crippen LogP contribution >= 0.6 is 0 Å². The molecule has 0 aromatic carbocycles. The molecule has 0 spiro atoms. The highest BCUT2D eigenvalue weighted by Crippen LogP contribution is 2.33. The fraction of sp³-hybridized carbons (Fsp3) is 0.938. The summed E-state index contributed by atoms with van der Waals surface area (Å²) in [7, 11) is 0. The number of nitrogens with zero attached hydrogens (tertiary/aromatic N) is 2. The molecule has 3 fully saturated rings. The summed E-state index contributed by atoms with van der Waals surface area (Å²) in [6.45, 7) is 5.96. The van der Waals surface area contributed by atoms with E-state index in [4.69, 9.17) is 4.74 Å². The zero-order valence-corrected chi connectivity index (χ0v) is 13.1. The Labute approximate surface area is 127 Å². The summed E-state index contributed by atoms with van der Waals surface area (Å²) in [6, 6.07) is 0.789. The van der Waals surface area contributed by atoms with Gasteiger partial charge in [-0.1, -0.05) is 0 Å². The van der Waals surface area contributed by atoms with Gasteiger partial charge in [0.05, 0.1) is 5.60 Å². The molecule has 0 aromatic heterocycles. The van der Waals surface area contributed by atoms with E-state index in [2.05, 4.69) is 16.7 Å². The Kier molecular flexibility index (Phi) is 4.52. The van der Waals surface area contributed by atoms with Gasteiger partial charge in [0.25, 0.3) is 0 Å². The van der Waals surface area contributed by atoms with Crippen molar-refractivity contribution < 1.29 is 14.6 Å². The molecule has 21 heavy (non-hydrogen) atoms. The number of β-amino-alcohol motifs (C(OH)–C–C–N with tert-alkyl or cyclic N) is 1. The number of carbonyl (C=O) groups is 1. The maximum atomic E-state index is 12.2. The third-order valence-electron chi connectivity index (χ3n) is 5.50. The van der Waals surface area contributed by atoms with Gasteiger partial charge in [0.1, 0.15) is 0 Å². The van der Waals surface area contributed by atoms with Crippen LogP contribution in [0.4, 0.5) is 0 Å². The van der Waals surface area contributed by atoms with Crippen LogP contribution in [0.15, 0.2) is 0 Å². The predicted octanol–water partition coefficient (Wildman–Crippen LogP) is 1.00. The number of likely N-dealkylation sites (tertiary alicyclic amines) is 2. The monoisotopic (exact) mass is 296 g/mol. The van der Waals surface area contributed by atoms with Crippen LogP contribution in [0.1, 0.15) is 45.4 Å². The van der Waals surface area contributed by atoms with Gasteiger partial charge in [-0.05, 0) is 26.2 Å². The molecule has 3 aliphatic rings. The van der Waals surface area contributed by atoms with E-state index in [0.717, 1.165) is 51.7 Å². The van der Waals surface area contributed by atoms with Crippen LogP contribution in [0.2, 0.25) is 0 Å². The number of likely N-dealkylation sites (N-methyl/N-ethyl adjacent to an activating group) is 1. The number of aliphatic hydroxyl groups is 1. The van der Waals surface area contributed by atoms with Crippen molar-refractivity contribution in [3.05, 3.63) is 0 Å². The Morgan fingerprint density at radius 2 is 2.05 bits per heavy atom. The van der Waals surface area contributed by atoms with E-state index in [9.17, 15) is 9.90 Å². The van der Waals surface area contributed by atoms with Crippen LogP contribution in [0, 0.1) is 0 Å². The molecule has 0 unspecified atom stereocenters. The molecule has 0 aromatic rings. The Balaban J connectivity index is 1.69. The Morgan fingerprint density at radius 3 is 2.76 bits per heavy atom. The van der Waals surface area contributed by atoms with Gasteiger partial charge in [-0.15, -0.1) is 0 Å². The molecule has 0 aliphatic carbocycles. The first-order valence-electron chi connectivity index (χ1n) is 8.46. The van der Waals surface area contributed by atoms with Crippen LogP contribution in [-0.4, -0.2) is 71.3 Å². The Hall–Kier alpha value is -0.650. The van der Waals surface area contributed by atoms with Crippen molar-refractivity contribution in [3.63, 3.8) is 0 Å². The fourth-order valence-electron chi connectivity index (χ4n) is 4.32. The summed E-state index contributed by atoms with van der Waals surface area (Å²) < 4.78 is 5.37. The topological polar surface area (TPSA) is 53.0 Å². The van der Waals surface area contributed by atoms with E-state index in [1.165, 1.54) is 0 Å². The van der Waals surface area contributed by atoms with Gasteiger partial charge in [-0.25, -0.2) is 0 Å². The summed E-state index contributed by atoms with van der Waals surface area (Å²) in [6.07, 6.45) is 5.27. The summed E-state index contributed by atoms with van der Waals surface area (Å²) >= 11 is 0. The van der Waals surface area contributed by atoms with Crippen LogP contribution in [-0.2, 0) is 9.53 Å². The lowest BCUT2D eigenvalue weighted by Gasteiger charge is -2.39. The molecular formula is C16H28N2O3. The molecule has 5 heteroatoms. The molecule has 1 amide bonds. The van der Waals surface area contributed by atoms with Gasteiger partial charge in [0, 0.05) is 64.2 Å². The normalized spacial score (nSPS) is 33.8. The van der Waals surface area contributed by atoms with Crippen molar-refractivity contribution in [1.82, 2.24) is 9.80 Å². The van der Waals surface area contributed by atoms with Crippen molar-refractivity contribution in [3.8, 4) is 0 Å². The van der Waals surface area contributed by atoms with E-state index < -0.39 is 5.60 Å². The Bertz CT molecular complexity index is 382. The third kappa shape index (κ3) is 3.10. The molecule has 3 saturated heterocycles. The number of carbonyl (C=O) groups excluding carboxylic acids is 1. The van der Waals surface area contributed by atoms with Crippen LogP contribution in [0.3, 0.4) is 0 Å². The van der Waals surface area contributed by atoms with Crippen LogP contribution in [0.5, 0.6) is 0 Å². The van der Waals surface area contributed by atoms with E-state index in [1.807, 2.05) is 0 Å². The lowest BCUT2D eigenvalue weighted by atomic mass is 9.93. The smallest absolute Gasteiger partial charge is 0.222 e. The maximum absolute atomic E-state index is 12.2. The number of ether oxygens (including phenoxy) is 1. The molecule has 2 atom stereocenters. The molecule has 0 bridgehead atoms. The van der Waals surface area contributed by atoms with Crippen LogP contribution < -0.4 is 0 Å². The average Bonchev–Trinajstić information content (AvgIpc) is 2.75. The molecule has 0 radical (unpaired) electrons. The maximum Gasteiger partial charge on any atom is 0.222 e.